The number of nitrogens with two attached hydrogens (primary N) is 1. The quantitative estimate of drug-likeness (QED) is 0.454. The number of hydrogen-bond acceptors (Lipinski definition) is 1. The van der Waals surface area contributed by atoms with Crippen LogP contribution in [-0.4, -0.2) is 6.04 Å². The Bertz CT molecular complexity index is 75.1. The summed E-state index contributed by atoms with van der Waals surface area (Å²) in [5.74, 6) is 0. The molecular formula is C3H9F5NP. The molecule has 0 saturated carbocycles. The molecule has 0 saturated heterocycles. The van der Waals surface area contributed by atoms with Crippen molar-refractivity contribution in [3.05, 3.63) is 0 Å². The van der Waals surface area contributed by atoms with Gasteiger partial charge in [-0.2, -0.15) is 0 Å². The molecule has 0 aliphatic carbocycles. The molecule has 0 aliphatic heterocycles. The minimum atomic E-state index is -8.55. The van der Waals surface area contributed by atoms with Gasteiger partial charge in [-0.15, -0.1) is 0 Å². The second-order valence-electron chi connectivity index (χ2n) is 1.88. The van der Waals surface area contributed by atoms with Crippen LogP contribution in [0, 0.1) is 0 Å². The summed E-state index contributed by atoms with van der Waals surface area (Å²) in [5.41, 5.74) is 5.11. The van der Waals surface area contributed by atoms with Crippen molar-refractivity contribution in [3.63, 3.8) is 0 Å². The van der Waals surface area contributed by atoms with Gasteiger partial charge in [-0.05, 0) is 6.04 Å². The Balaban J connectivity index is 0. The first kappa shape index (κ1) is 12.7. The van der Waals surface area contributed by atoms with Gasteiger partial charge in [0.15, 0.2) is 0 Å². The molecule has 10 heavy (non-hydrogen) atoms. The molecule has 66 valence electrons. The summed E-state index contributed by atoms with van der Waals surface area (Å²) in [6, 6.07) is 0.333. The molecule has 0 aromatic carbocycles. The Hall–Kier alpha value is 0.0400. The maximum absolute atomic E-state index is 9.84. The van der Waals surface area contributed by atoms with Crippen LogP contribution in [-0.2, 0) is 0 Å². The van der Waals surface area contributed by atoms with Crippen LogP contribution in [0.15, 0.2) is 0 Å². The van der Waals surface area contributed by atoms with E-state index in [4.69, 9.17) is 5.73 Å². The van der Waals surface area contributed by atoms with Gasteiger partial charge < -0.3 is 5.73 Å². The van der Waals surface area contributed by atoms with Crippen molar-refractivity contribution in [3.8, 4) is 0 Å². The van der Waals surface area contributed by atoms with Gasteiger partial charge in [0.25, 0.3) is 0 Å². The van der Waals surface area contributed by atoms with E-state index in [2.05, 4.69) is 0 Å². The molecule has 2 N–H and O–H groups in total. The first-order valence-corrected chi connectivity index (χ1v) is 4.02. The van der Waals surface area contributed by atoms with E-state index < -0.39 is 8.16 Å². The van der Waals surface area contributed by atoms with Crippen LogP contribution < -0.4 is 5.73 Å². The molecule has 0 spiro atoms. The zero-order valence-corrected chi connectivity index (χ0v) is 6.39. The normalized spacial score (nSPS) is 15.1. The number of rotatable bonds is 0. The fraction of sp³-hybridized carbons (Fsp3) is 1.00. The first-order chi connectivity index (χ1) is 3.97. The van der Waals surface area contributed by atoms with E-state index in [0.717, 1.165) is 0 Å². The molecule has 0 aromatic heterocycles. The maximum atomic E-state index is 9.84. The molecule has 1 nitrogen and oxygen atoms in total. The van der Waals surface area contributed by atoms with Gasteiger partial charge in [0.1, 0.15) is 0 Å². The van der Waals surface area contributed by atoms with Crippen molar-refractivity contribution in [2.24, 2.45) is 5.73 Å². The van der Waals surface area contributed by atoms with E-state index in [1.54, 1.807) is 0 Å². The van der Waals surface area contributed by atoms with Crippen molar-refractivity contribution < 1.29 is 21.0 Å². The standard InChI is InChI=1S/C3H9N.F5P/c1-3(2)4;1-6(2,3,4)5/h3H,4H2,1-2H3;. The number of halogens is 5. The third-order valence-electron chi connectivity index (χ3n) is 0. The predicted octanol–water partition coefficient (Wildman–Crippen LogP) is 3.32. The zero-order valence-electron chi connectivity index (χ0n) is 5.49. The van der Waals surface area contributed by atoms with Crippen LogP contribution in [0.1, 0.15) is 13.8 Å². The molecule has 7 heteroatoms. The fourth-order valence-corrected chi connectivity index (χ4v) is 0. The molecule has 0 rings (SSSR count). The van der Waals surface area contributed by atoms with Crippen LogP contribution in [0.3, 0.4) is 0 Å². The second kappa shape index (κ2) is 3.44. The summed E-state index contributed by atoms with van der Waals surface area (Å²) in [6.07, 6.45) is 0. The van der Waals surface area contributed by atoms with E-state index in [9.17, 15) is 21.0 Å². The van der Waals surface area contributed by atoms with Crippen LogP contribution in [0.2, 0.25) is 0 Å². The molecule has 0 unspecified atom stereocenters. The van der Waals surface area contributed by atoms with E-state index in [0.29, 0.717) is 6.04 Å². The van der Waals surface area contributed by atoms with Gasteiger partial charge in [0.2, 0.25) is 0 Å². The summed E-state index contributed by atoms with van der Waals surface area (Å²) in [4.78, 5) is 0. The van der Waals surface area contributed by atoms with Gasteiger partial charge >= 0.3 is 29.1 Å². The van der Waals surface area contributed by atoms with Gasteiger partial charge in [-0.1, -0.05) is 13.8 Å². The van der Waals surface area contributed by atoms with E-state index in [-0.39, 0.29) is 0 Å². The minimum absolute atomic E-state index is 0.333. The Labute approximate surface area is 55.9 Å². The van der Waals surface area contributed by atoms with Crippen molar-refractivity contribution in [1.29, 1.82) is 0 Å². The summed E-state index contributed by atoms with van der Waals surface area (Å²) in [6.45, 7) is 3.89. The number of hydrogen-bond donors (Lipinski definition) is 1. The zero-order chi connectivity index (χ0) is 9.02. The summed E-state index contributed by atoms with van der Waals surface area (Å²) in [5, 5.41) is 0. The van der Waals surface area contributed by atoms with Crippen molar-refractivity contribution in [2.75, 3.05) is 0 Å². The van der Waals surface area contributed by atoms with Gasteiger partial charge in [0, 0.05) is 0 Å². The third kappa shape index (κ3) is 249000. The summed E-state index contributed by atoms with van der Waals surface area (Å²) in [7, 11) is -8.55. The molecule has 0 amide bonds. The third-order valence-corrected chi connectivity index (χ3v) is 0. The van der Waals surface area contributed by atoms with Crippen LogP contribution >= 0.6 is 8.16 Å². The van der Waals surface area contributed by atoms with Crippen molar-refractivity contribution in [1.82, 2.24) is 0 Å². The molecule has 0 atom stereocenters. The van der Waals surface area contributed by atoms with E-state index >= 15 is 0 Å². The Morgan fingerprint density at radius 3 is 1.00 bits per heavy atom. The second-order valence-corrected chi connectivity index (χ2v) is 3.16. The van der Waals surface area contributed by atoms with Crippen molar-refractivity contribution in [2.45, 2.75) is 19.9 Å². The average Bonchev–Trinajstić information content (AvgIpc) is 1.14. The Morgan fingerprint density at radius 1 is 1.00 bits per heavy atom. The molecule has 0 radical (unpaired) electrons. The van der Waals surface area contributed by atoms with Gasteiger partial charge in [0.05, 0.1) is 0 Å². The van der Waals surface area contributed by atoms with E-state index in [1.807, 2.05) is 13.8 Å². The summed E-state index contributed by atoms with van der Waals surface area (Å²) < 4.78 is 49.2. The Kier molecular flexibility index (Phi) is 4.36. The van der Waals surface area contributed by atoms with Crippen LogP contribution in [0.4, 0.5) is 21.0 Å². The fourth-order valence-electron chi connectivity index (χ4n) is 0. The molecule has 0 fully saturated rings. The van der Waals surface area contributed by atoms with Crippen molar-refractivity contribution >= 4 is 8.16 Å². The first-order valence-electron chi connectivity index (χ1n) is 2.33. The van der Waals surface area contributed by atoms with Crippen LogP contribution in [0.5, 0.6) is 0 Å². The van der Waals surface area contributed by atoms with E-state index in [1.165, 1.54) is 0 Å². The Morgan fingerprint density at radius 2 is 1.00 bits per heavy atom. The summed E-state index contributed by atoms with van der Waals surface area (Å²) >= 11 is 0. The molecule has 0 heterocycles. The van der Waals surface area contributed by atoms with Gasteiger partial charge in [-0.3, -0.25) is 0 Å². The molecule has 0 aliphatic rings. The molecule has 0 bridgehead atoms. The predicted molar refractivity (Wildman–Crippen MR) is 31.8 cm³/mol. The SMILES string of the molecule is CC(C)N.FP(F)(F)(F)F. The van der Waals surface area contributed by atoms with Gasteiger partial charge in [-0.25, -0.2) is 0 Å². The topological polar surface area (TPSA) is 26.0 Å². The van der Waals surface area contributed by atoms with Crippen LogP contribution in [0.25, 0.3) is 0 Å². The average molecular weight is 185 g/mol. The molecular weight excluding hydrogens is 176 g/mol. The molecule has 0 aromatic rings. The monoisotopic (exact) mass is 185 g/mol.